The number of hydrogen-bond acceptors (Lipinski definition) is 3. The molecule has 0 unspecified atom stereocenters. The van der Waals surface area contributed by atoms with E-state index in [-0.39, 0.29) is 17.0 Å². The highest BCUT2D eigenvalue weighted by molar-refractivity contribution is 6.30. The van der Waals surface area contributed by atoms with Crippen molar-refractivity contribution in [2.24, 2.45) is 0 Å². The van der Waals surface area contributed by atoms with E-state index in [9.17, 15) is 9.59 Å². The molecular weight excluding hydrogens is 278 g/mol. The second-order valence-corrected chi connectivity index (χ2v) is 4.43. The van der Waals surface area contributed by atoms with Gasteiger partial charge in [-0.15, -0.1) is 0 Å². The molecule has 0 fully saturated rings. The van der Waals surface area contributed by atoms with Gasteiger partial charge in [-0.1, -0.05) is 23.7 Å². The molecule has 0 bridgehead atoms. The van der Waals surface area contributed by atoms with Crippen LogP contribution in [0, 0.1) is 0 Å². The number of carbonyl (C=O) groups excluding carboxylic acids is 2. The van der Waals surface area contributed by atoms with Crippen molar-refractivity contribution in [3.8, 4) is 0 Å². The Labute approximate surface area is 121 Å². The average molecular weight is 290 g/mol. The van der Waals surface area contributed by atoms with Gasteiger partial charge in [0.2, 0.25) is 0 Å². The largest absolute Gasteiger partial charge is 0.465 e. The van der Waals surface area contributed by atoms with Crippen LogP contribution in [0.5, 0.6) is 0 Å². The summed E-state index contributed by atoms with van der Waals surface area (Å²) in [4.78, 5) is 23.8. The predicted molar refractivity (Wildman–Crippen MR) is 77.2 cm³/mol. The molecule has 1 amide bonds. The molecule has 5 heteroatoms. The van der Waals surface area contributed by atoms with Gasteiger partial charge >= 0.3 is 5.97 Å². The quantitative estimate of drug-likeness (QED) is 0.881. The predicted octanol–water partition coefficient (Wildman–Crippen LogP) is 3.38. The molecule has 0 spiro atoms. The third-order valence-corrected chi connectivity index (χ3v) is 2.93. The van der Waals surface area contributed by atoms with E-state index in [4.69, 9.17) is 11.6 Å². The number of benzene rings is 2. The van der Waals surface area contributed by atoms with Crippen LogP contribution >= 0.6 is 11.6 Å². The summed E-state index contributed by atoms with van der Waals surface area (Å²) in [5.74, 6) is -0.930. The van der Waals surface area contributed by atoms with Gasteiger partial charge in [-0.3, -0.25) is 4.79 Å². The van der Waals surface area contributed by atoms with Gasteiger partial charge in [0.25, 0.3) is 5.91 Å². The number of hydrogen-bond donors (Lipinski definition) is 1. The number of halogens is 1. The van der Waals surface area contributed by atoms with Gasteiger partial charge in [0.05, 0.1) is 18.2 Å². The molecule has 0 saturated carbocycles. The first kappa shape index (κ1) is 14.1. The lowest BCUT2D eigenvalue weighted by molar-refractivity contribution is 0.0597. The number of esters is 1. The summed E-state index contributed by atoms with van der Waals surface area (Å²) in [7, 11) is 1.27. The van der Waals surface area contributed by atoms with Crippen LogP contribution in [0.1, 0.15) is 20.7 Å². The second kappa shape index (κ2) is 6.21. The van der Waals surface area contributed by atoms with Gasteiger partial charge in [-0.05, 0) is 36.4 Å². The molecule has 2 rings (SSSR count). The number of ether oxygens (including phenoxy) is 1. The highest BCUT2D eigenvalue weighted by Gasteiger charge is 2.16. The summed E-state index contributed by atoms with van der Waals surface area (Å²) in [5, 5.41) is 3.28. The van der Waals surface area contributed by atoms with E-state index in [1.807, 2.05) is 0 Å². The van der Waals surface area contributed by atoms with E-state index >= 15 is 0 Å². The zero-order chi connectivity index (χ0) is 14.5. The Morgan fingerprint density at radius 1 is 1.00 bits per heavy atom. The molecule has 102 valence electrons. The van der Waals surface area contributed by atoms with E-state index in [0.29, 0.717) is 10.7 Å². The van der Waals surface area contributed by atoms with Crippen molar-refractivity contribution in [3.63, 3.8) is 0 Å². The number of methoxy groups -OCH3 is 1. The average Bonchev–Trinajstić information content (AvgIpc) is 2.48. The Hall–Kier alpha value is -2.33. The number of carbonyl (C=O) groups is 2. The second-order valence-electron chi connectivity index (χ2n) is 4.00. The Kier molecular flexibility index (Phi) is 4.38. The summed E-state index contributed by atoms with van der Waals surface area (Å²) in [6.45, 7) is 0. The molecule has 0 aliphatic carbocycles. The van der Waals surface area contributed by atoms with Crippen molar-refractivity contribution in [2.45, 2.75) is 0 Å². The fourth-order valence-corrected chi connectivity index (χ4v) is 1.83. The monoisotopic (exact) mass is 289 g/mol. The van der Waals surface area contributed by atoms with Crippen LogP contribution in [0.3, 0.4) is 0 Å². The van der Waals surface area contributed by atoms with Crippen molar-refractivity contribution in [1.82, 2.24) is 0 Å². The van der Waals surface area contributed by atoms with Gasteiger partial charge in [0.15, 0.2) is 0 Å². The molecule has 4 nitrogen and oxygen atoms in total. The minimum Gasteiger partial charge on any atom is -0.465 e. The molecule has 0 aliphatic rings. The molecule has 0 aromatic heterocycles. The van der Waals surface area contributed by atoms with Crippen molar-refractivity contribution in [3.05, 3.63) is 64.7 Å². The highest BCUT2D eigenvalue weighted by Crippen LogP contribution is 2.16. The van der Waals surface area contributed by atoms with Crippen LogP contribution in [0.4, 0.5) is 5.69 Å². The minimum absolute atomic E-state index is 0.224. The molecule has 2 aromatic carbocycles. The Balaban J connectivity index is 2.25. The first-order valence-electron chi connectivity index (χ1n) is 5.86. The molecule has 0 saturated heterocycles. The molecular formula is C15H12ClNO3. The van der Waals surface area contributed by atoms with Gasteiger partial charge in [-0.2, -0.15) is 0 Å². The summed E-state index contributed by atoms with van der Waals surface area (Å²) in [5.41, 5.74) is 1.08. The zero-order valence-electron chi connectivity index (χ0n) is 10.7. The fourth-order valence-electron chi connectivity index (χ4n) is 1.70. The smallest absolute Gasteiger partial charge is 0.338 e. The van der Waals surface area contributed by atoms with Gasteiger partial charge in [0, 0.05) is 10.7 Å². The Bertz CT molecular complexity index is 638. The van der Waals surface area contributed by atoms with E-state index < -0.39 is 5.97 Å². The maximum Gasteiger partial charge on any atom is 0.338 e. The van der Waals surface area contributed by atoms with Crippen LogP contribution < -0.4 is 5.32 Å². The van der Waals surface area contributed by atoms with Crippen LogP contribution in [0.2, 0.25) is 5.02 Å². The fraction of sp³-hybridized carbons (Fsp3) is 0.0667. The van der Waals surface area contributed by atoms with E-state index in [1.165, 1.54) is 7.11 Å². The van der Waals surface area contributed by atoms with Gasteiger partial charge < -0.3 is 10.1 Å². The molecule has 1 N–H and O–H groups in total. The first-order chi connectivity index (χ1) is 9.61. The normalized spacial score (nSPS) is 9.90. The molecule has 0 aliphatic heterocycles. The summed E-state index contributed by atoms with van der Waals surface area (Å²) in [6.07, 6.45) is 0. The molecule has 0 heterocycles. The third-order valence-electron chi connectivity index (χ3n) is 2.68. The number of nitrogens with one attached hydrogen (secondary N) is 1. The van der Waals surface area contributed by atoms with Crippen LogP contribution in [-0.4, -0.2) is 19.0 Å². The Morgan fingerprint density at radius 2 is 1.60 bits per heavy atom. The Morgan fingerprint density at radius 3 is 2.20 bits per heavy atom. The summed E-state index contributed by atoms with van der Waals surface area (Å²) >= 11 is 5.78. The van der Waals surface area contributed by atoms with Crippen molar-refractivity contribution in [2.75, 3.05) is 12.4 Å². The molecule has 20 heavy (non-hydrogen) atoms. The minimum atomic E-state index is -0.549. The van der Waals surface area contributed by atoms with Crippen LogP contribution in [-0.2, 0) is 4.74 Å². The van der Waals surface area contributed by atoms with Gasteiger partial charge in [-0.25, -0.2) is 4.79 Å². The summed E-state index contributed by atoms with van der Waals surface area (Å²) in [6, 6.07) is 13.2. The van der Waals surface area contributed by atoms with Crippen LogP contribution in [0.15, 0.2) is 48.5 Å². The van der Waals surface area contributed by atoms with E-state index in [0.717, 1.165) is 0 Å². The maximum absolute atomic E-state index is 12.2. The molecule has 0 atom stereocenters. The van der Waals surface area contributed by atoms with E-state index in [2.05, 4.69) is 10.1 Å². The standard InChI is InChI=1S/C15H12ClNO3/c1-20-15(19)13-5-3-2-4-12(13)14(18)17-11-8-6-10(16)7-9-11/h2-9H,1H3,(H,17,18). The SMILES string of the molecule is COC(=O)c1ccccc1C(=O)Nc1ccc(Cl)cc1. The zero-order valence-corrected chi connectivity index (χ0v) is 11.5. The lowest BCUT2D eigenvalue weighted by atomic mass is 10.1. The first-order valence-corrected chi connectivity index (χ1v) is 6.24. The lowest BCUT2D eigenvalue weighted by Crippen LogP contribution is -2.17. The van der Waals surface area contributed by atoms with Crippen molar-refractivity contribution in [1.29, 1.82) is 0 Å². The van der Waals surface area contributed by atoms with Gasteiger partial charge in [0.1, 0.15) is 0 Å². The lowest BCUT2D eigenvalue weighted by Gasteiger charge is -2.08. The number of rotatable bonds is 3. The van der Waals surface area contributed by atoms with E-state index in [1.54, 1.807) is 48.5 Å². The molecule has 0 radical (unpaired) electrons. The van der Waals surface area contributed by atoms with Crippen molar-refractivity contribution >= 4 is 29.2 Å². The van der Waals surface area contributed by atoms with Crippen LogP contribution in [0.25, 0.3) is 0 Å². The third kappa shape index (κ3) is 3.16. The maximum atomic E-state index is 12.2. The number of anilines is 1. The molecule has 2 aromatic rings. The number of amides is 1. The topological polar surface area (TPSA) is 55.4 Å². The summed E-state index contributed by atoms with van der Waals surface area (Å²) < 4.78 is 4.66. The van der Waals surface area contributed by atoms with Crippen molar-refractivity contribution < 1.29 is 14.3 Å². The highest BCUT2D eigenvalue weighted by atomic mass is 35.5.